The van der Waals surface area contributed by atoms with Crippen LogP contribution in [0.2, 0.25) is 0 Å². The van der Waals surface area contributed by atoms with Crippen molar-refractivity contribution in [2.24, 2.45) is 0 Å². The van der Waals surface area contributed by atoms with Gasteiger partial charge in [0.1, 0.15) is 11.5 Å². The lowest BCUT2D eigenvalue weighted by molar-refractivity contribution is 0.340. The van der Waals surface area contributed by atoms with Crippen molar-refractivity contribution in [2.75, 3.05) is 19.0 Å². The van der Waals surface area contributed by atoms with Crippen LogP contribution in [0.4, 0.5) is 11.6 Å². The van der Waals surface area contributed by atoms with Gasteiger partial charge in [0.05, 0.1) is 18.6 Å². The molecule has 0 radical (unpaired) electrons. The van der Waals surface area contributed by atoms with Gasteiger partial charge in [-0.25, -0.2) is 8.42 Å². The summed E-state index contributed by atoms with van der Waals surface area (Å²) in [5.41, 5.74) is 2.18. The Kier molecular flexibility index (Phi) is 6.37. The van der Waals surface area contributed by atoms with E-state index < -0.39 is 9.84 Å². The van der Waals surface area contributed by atoms with E-state index in [9.17, 15) is 8.42 Å². The number of hydrogen-bond donors (Lipinski definition) is 1. The van der Waals surface area contributed by atoms with Gasteiger partial charge in [-0.2, -0.15) is 4.98 Å². The first kappa shape index (κ1) is 22.4. The van der Waals surface area contributed by atoms with Gasteiger partial charge in [0.15, 0.2) is 0 Å². The molecular formula is C25H24N2O5S. The van der Waals surface area contributed by atoms with Gasteiger partial charge in [-0.15, -0.1) is 0 Å². The number of ether oxygens (including phenoxy) is 2. The third-order valence-corrected chi connectivity index (χ3v) is 6.60. The van der Waals surface area contributed by atoms with E-state index in [4.69, 9.17) is 13.9 Å². The van der Waals surface area contributed by atoms with Crippen molar-refractivity contribution >= 4 is 21.4 Å². The number of aromatic nitrogens is 1. The van der Waals surface area contributed by atoms with Crippen LogP contribution in [0.25, 0.3) is 11.5 Å². The van der Waals surface area contributed by atoms with Gasteiger partial charge in [-0.05, 0) is 62.4 Å². The first-order chi connectivity index (χ1) is 15.9. The predicted octanol–water partition coefficient (Wildman–Crippen LogP) is 5.63. The molecule has 0 bridgehead atoms. The van der Waals surface area contributed by atoms with Gasteiger partial charge in [0.25, 0.3) is 0 Å². The highest BCUT2D eigenvalue weighted by atomic mass is 32.2. The average molecular weight is 465 g/mol. The van der Waals surface area contributed by atoms with Crippen LogP contribution in [0.1, 0.15) is 12.5 Å². The van der Waals surface area contributed by atoms with E-state index in [0.717, 1.165) is 5.56 Å². The minimum atomic E-state index is -3.95. The summed E-state index contributed by atoms with van der Waals surface area (Å²) in [4.78, 5) is 4.51. The Labute approximate surface area is 192 Å². The monoisotopic (exact) mass is 464 g/mol. The van der Waals surface area contributed by atoms with Crippen LogP contribution in [-0.4, -0.2) is 27.1 Å². The van der Waals surface area contributed by atoms with Crippen molar-refractivity contribution in [3.8, 4) is 23.0 Å². The smallest absolute Gasteiger partial charge is 0.238 e. The fourth-order valence-electron chi connectivity index (χ4n) is 3.21. The van der Waals surface area contributed by atoms with Crippen LogP contribution in [-0.2, 0) is 9.84 Å². The molecule has 1 aromatic heterocycles. The quantitative estimate of drug-likeness (QED) is 0.361. The van der Waals surface area contributed by atoms with E-state index >= 15 is 0 Å². The van der Waals surface area contributed by atoms with Gasteiger partial charge >= 0.3 is 0 Å². The summed E-state index contributed by atoms with van der Waals surface area (Å²) >= 11 is 0. The van der Waals surface area contributed by atoms with Crippen LogP contribution in [0.3, 0.4) is 0 Å². The summed E-state index contributed by atoms with van der Waals surface area (Å²) in [6.45, 7) is 4.35. The molecule has 0 fully saturated rings. The lowest BCUT2D eigenvalue weighted by atomic mass is 10.2. The first-order valence-corrected chi connectivity index (χ1v) is 11.9. The summed E-state index contributed by atoms with van der Waals surface area (Å²) in [7, 11) is -2.39. The van der Waals surface area contributed by atoms with Gasteiger partial charge in [-0.1, -0.05) is 23.8 Å². The molecule has 4 rings (SSSR count). The Morgan fingerprint density at radius 2 is 1.70 bits per heavy atom. The molecule has 0 unspecified atom stereocenters. The highest BCUT2D eigenvalue weighted by Gasteiger charge is 2.29. The van der Waals surface area contributed by atoms with Crippen molar-refractivity contribution in [3.05, 3.63) is 78.4 Å². The molecule has 0 spiro atoms. The topological polar surface area (TPSA) is 90.7 Å². The first-order valence-electron chi connectivity index (χ1n) is 10.4. The molecule has 0 atom stereocenters. The number of aryl methyl sites for hydroxylation is 1. The minimum Gasteiger partial charge on any atom is -0.497 e. The fourth-order valence-corrected chi connectivity index (χ4v) is 4.47. The number of methoxy groups -OCH3 is 1. The highest BCUT2D eigenvalue weighted by molar-refractivity contribution is 7.91. The Morgan fingerprint density at radius 1 is 0.970 bits per heavy atom. The Morgan fingerprint density at radius 3 is 2.36 bits per heavy atom. The maximum atomic E-state index is 13.5. The van der Waals surface area contributed by atoms with Crippen molar-refractivity contribution in [1.29, 1.82) is 0 Å². The zero-order valence-corrected chi connectivity index (χ0v) is 19.3. The molecule has 8 heteroatoms. The van der Waals surface area contributed by atoms with E-state index in [0.29, 0.717) is 29.4 Å². The minimum absolute atomic E-state index is 0.0210. The van der Waals surface area contributed by atoms with Gasteiger partial charge in [-0.3, -0.25) is 0 Å². The molecular weight excluding hydrogens is 440 g/mol. The van der Waals surface area contributed by atoms with Crippen molar-refractivity contribution < 1.29 is 22.3 Å². The van der Waals surface area contributed by atoms with Gasteiger partial charge < -0.3 is 19.2 Å². The Hall–Kier alpha value is -3.78. The number of nitrogens with one attached hydrogen (secondary N) is 1. The normalized spacial score (nSPS) is 11.2. The number of sulfone groups is 1. The molecule has 0 aliphatic carbocycles. The standard InChI is InChI=1S/C25H24N2O5S/c1-4-31-20-12-10-18(11-13-20)23-27-25(33(28,29)22-14-8-17(2)9-15-22)24(32-23)26-19-6-5-7-21(16-19)30-3/h5-16,26H,4H2,1-3H3. The average Bonchev–Trinajstić information content (AvgIpc) is 3.25. The fraction of sp³-hybridized carbons (Fsp3) is 0.160. The molecule has 0 saturated carbocycles. The molecule has 7 nitrogen and oxygen atoms in total. The van der Waals surface area contributed by atoms with Crippen LogP contribution < -0.4 is 14.8 Å². The van der Waals surface area contributed by atoms with Crippen LogP contribution >= 0.6 is 0 Å². The zero-order chi connectivity index (χ0) is 23.4. The summed E-state index contributed by atoms with van der Waals surface area (Å²) in [6.07, 6.45) is 0. The van der Waals surface area contributed by atoms with E-state index in [1.165, 1.54) is 0 Å². The molecule has 0 saturated heterocycles. The zero-order valence-electron chi connectivity index (χ0n) is 18.5. The lowest BCUT2D eigenvalue weighted by Gasteiger charge is -2.08. The number of hydrogen-bond acceptors (Lipinski definition) is 7. The van der Waals surface area contributed by atoms with E-state index in [1.54, 1.807) is 79.9 Å². The molecule has 33 heavy (non-hydrogen) atoms. The molecule has 0 aliphatic rings. The Bertz CT molecular complexity index is 1340. The Balaban J connectivity index is 1.79. The second-order valence-electron chi connectivity index (χ2n) is 7.28. The molecule has 0 amide bonds. The summed E-state index contributed by atoms with van der Waals surface area (Å²) in [5, 5.41) is 2.85. The number of nitrogens with zero attached hydrogens (tertiary/aromatic N) is 1. The van der Waals surface area contributed by atoms with E-state index in [2.05, 4.69) is 10.3 Å². The molecule has 0 aliphatic heterocycles. The van der Waals surface area contributed by atoms with Crippen LogP contribution in [0.5, 0.6) is 11.5 Å². The summed E-state index contributed by atoms with van der Waals surface area (Å²) in [6, 6.07) is 20.8. The van der Waals surface area contributed by atoms with Crippen molar-refractivity contribution in [1.82, 2.24) is 4.98 Å². The predicted molar refractivity (Wildman–Crippen MR) is 126 cm³/mol. The molecule has 3 aromatic carbocycles. The highest BCUT2D eigenvalue weighted by Crippen LogP contribution is 2.35. The van der Waals surface area contributed by atoms with Crippen molar-refractivity contribution in [3.63, 3.8) is 0 Å². The van der Waals surface area contributed by atoms with E-state index in [1.807, 2.05) is 13.8 Å². The van der Waals surface area contributed by atoms with Crippen LogP contribution in [0.15, 0.2) is 87.1 Å². The third-order valence-electron chi connectivity index (χ3n) is 4.92. The summed E-state index contributed by atoms with van der Waals surface area (Å²) < 4.78 is 43.6. The maximum absolute atomic E-state index is 13.5. The number of anilines is 2. The van der Waals surface area contributed by atoms with Gasteiger partial charge in [0.2, 0.25) is 26.6 Å². The number of oxazole rings is 1. The molecule has 4 aromatic rings. The third kappa shape index (κ3) is 4.85. The second kappa shape index (κ2) is 9.38. The largest absolute Gasteiger partial charge is 0.497 e. The molecule has 170 valence electrons. The second-order valence-corrected chi connectivity index (χ2v) is 9.15. The van der Waals surface area contributed by atoms with Crippen molar-refractivity contribution in [2.45, 2.75) is 23.8 Å². The summed E-state index contributed by atoms with van der Waals surface area (Å²) in [5.74, 6) is 1.52. The number of rotatable bonds is 8. The van der Waals surface area contributed by atoms with E-state index in [-0.39, 0.29) is 21.7 Å². The van der Waals surface area contributed by atoms with Crippen LogP contribution in [0, 0.1) is 6.92 Å². The number of benzene rings is 3. The maximum Gasteiger partial charge on any atom is 0.238 e. The lowest BCUT2D eigenvalue weighted by Crippen LogP contribution is -2.05. The molecule has 1 N–H and O–H groups in total. The van der Waals surface area contributed by atoms with Gasteiger partial charge in [0, 0.05) is 17.3 Å². The SMILES string of the molecule is CCOc1ccc(-c2nc(S(=O)(=O)c3ccc(C)cc3)c(Nc3cccc(OC)c3)o2)cc1. The molecule has 1 heterocycles.